The van der Waals surface area contributed by atoms with Crippen LogP contribution in [0.25, 0.3) is 0 Å². The van der Waals surface area contributed by atoms with E-state index in [2.05, 4.69) is 14.9 Å². The number of hydrogen-bond donors (Lipinski definition) is 1. The molecule has 0 fully saturated rings. The van der Waals surface area contributed by atoms with E-state index in [1.54, 1.807) is 6.92 Å². The number of aromatic nitrogens is 2. The van der Waals surface area contributed by atoms with Gasteiger partial charge in [-0.05, 0) is 6.92 Å². The molecule has 1 aromatic rings. The SMILES string of the molecule is CCOC(=O)c1nnc(S(N)(=O)=O)s1. The second-order valence-electron chi connectivity index (χ2n) is 2.14. The van der Waals surface area contributed by atoms with Crippen LogP contribution in [0.5, 0.6) is 0 Å². The molecule has 2 N–H and O–H groups in total. The van der Waals surface area contributed by atoms with E-state index in [-0.39, 0.29) is 11.6 Å². The van der Waals surface area contributed by atoms with Crippen LogP contribution >= 0.6 is 11.3 Å². The highest BCUT2D eigenvalue weighted by Gasteiger charge is 2.19. The summed E-state index contributed by atoms with van der Waals surface area (Å²) in [5.41, 5.74) is 0. The second kappa shape index (κ2) is 3.98. The van der Waals surface area contributed by atoms with Crippen molar-refractivity contribution in [3.8, 4) is 0 Å². The van der Waals surface area contributed by atoms with E-state index in [1.165, 1.54) is 0 Å². The molecule has 14 heavy (non-hydrogen) atoms. The van der Waals surface area contributed by atoms with E-state index in [9.17, 15) is 13.2 Å². The Labute approximate surface area is 84.0 Å². The Balaban J connectivity index is 2.94. The summed E-state index contributed by atoms with van der Waals surface area (Å²) in [5.74, 6) is -0.708. The Morgan fingerprint density at radius 1 is 1.57 bits per heavy atom. The van der Waals surface area contributed by atoms with Gasteiger partial charge in [-0.15, -0.1) is 10.2 Å². The minimum atomic E-state index is -3.89. The van der Waals surface area contributed by atoms with Gasteiger partial charge in [-0.3, -0.25) is 0 Å². The largest absolute Gasteiger partial charge is 0.461 e. The van der Waals surface area contributed by atoms with E-state index < -0.39 is 20.3 Å². The molecule has 0 bridgehead atoms. The molecule has 0 saturated carbocycles. The number of rotatable bonds is 3. The first-order valence-electron chi connectivity index (χ1n) is 3.48. The molecule has 0 aliphatic carbocycles. The van der Waals surface area contributed by atoms with E-state index in [4.69, 9.17) is 5.14 Å². The van der Waals surface area contributed by atoms with Crippen LogP contribution in [0.4, 0.5) is 0 Å². The van der Waals surface area contributed by atoms with Crippen molar-refractivity contribution in [2.75, 3.05) is 6.61 Å². The average Bonchev–Trinajstić information content (AvgIpc) is 2.51. The molecule has 7 nitrogen and oxygen atoms in total. The predicted octanol–water partition coefficient (Wildman–Crippen LogP) is -0.638. The maximum atomic E-state index is 11.0. The van der Waals surface area contributed by atoms with E-state index in [0.717, 1.165) is 0 Å². The first-order valence-corrected chi connectivity index (χ1v) is 5.85. The van der Waals surface area contributed by atoms with Crippen LogP contribution in [0, 0.1) is 0 Å². The number of hydrogen-bond acceptors (Lipinski definition) is 7. The van der Waals surface area contributed by atoms with Gasteiger partial charge in [-0.2, -0.15) is 0 Å². The number of primary sulfonamides is 1. The Bertz CT molecular complexity index is 438. The zero-order valence-electron chi connectivity index (χ0n) is 7.13. The van der Waals surface area contributed by atoms with Crippen LogP contribution in [0.2, 0.25) is 0 Å². The van der Waals surface area contributed by atoms with Gasteiger partial charge >= 0.3 is 5.97 Å². The standard InChI is InChI=1S/C5H7N3O4S2/c1-2-12-4(9)3-7-8-5(13-3)14(6,10)11/h2H2,1H3,(H2,6,10,11). The Morgan fingerprint density at radius 3 is 2.64 bits per heavy atom. The first kappa shape index (κ1) is 11.0. The van der Waals surface area contributed by atoms with Crippen LogP contribution in [0.1, 0.15) is 16.7 Å². The number of carbonyl (C=O) groups is 1. The van der Waals surface area contributed by atoms with Crippen molar-refractivity contribution in [2.45, 2.75) is 11.3 Å². The number of ether oxygens (including phenoxy) is 1. The van der Waals surface area contributed by atoms with Crippen molar-refractivity contribution in [2.24, 2.45) is 5.14 Å². The minimum absolute atomic E-state index is 0.129. The van der Waals surface area contributed by atoms with Crippen LogP contribution in [0.15, 0.2) is 4.34 Å². The van der Waals surface area contributed by atoms with Crippen molar-refractivity contribution < 1.29 is 17.9 Å². The molecular formula is C5H7N3O4S2. The zero-order valence-corrected chi connectivity index (χ0v) is 8.76. The minimum Gasteiger partial charge on any atom is -0.461 e. The first-order chi connectivity index (χ1) is 6.45. The Morgan fingerprint density at radius 2 is 2.21 bits per heavy atom. The molecule has 0 unspecified atom stereocenters. The summed E-state index contributed by atoms with van der Waals surface area (Å²) in [7, 11) is -3.89. The molecule has 0 amide bonds. The van der Waals surface area contributed by atoms with Crippen molar-refractivity contribution >= 4 is 27.3 Å². The van der Waals surface area contributed by atoms with Gasteiger partial charge in [0.25, 0.3) is 10.0 Å². The molecule has 0 saturated heterocycles. The van der Waals surface area contributed by atoms with Crippen LogP contribution in [-0.4, -0.2) is 31.2 Å². The summed E-state index contributed by atoms with van der Waals surface area (Å²) >= 11 is 0.578. The van der Waals surface area contributed by atoms with Crippen LogP contribution < -0.4 is 5.14 Å². The number of esters is 1. The Hall–Kier alpha value is -1.06. The third kappa shape index (κ3) is 2.47. The highest BCUT2D eigenvalue weighted by atomic mass is 32.2. The molecule has 0 aliphatic heterocycles. The fraction of sp³-hybridized carbons (Fsp3) is 0.400. The summed E-state index contributed by atoms with van der Waals surface area (Å²) in [6.45, 7) is 1.81. The zero-order chi connectivity index (χ0) is 10.8. The van der Waals surface area contributed by atoms with Crippen molar-refractivity contribution in [3.63, 3.8) is 0 Å². The predicted molar refractivity (Wildman–Crippen MR) is 47.2 cm³/mol. The molecule has 0 aliphatic rings. The van der Waals surface area contributed by atoms with Gasteiger partial charge in [0.2, 0.25) is 9.35 Å². The summed E-state index contributed by atoms with van der Waals surface area (Å²) in [6, 6.07) is 0. The number of sulfonamides is 1. The third-order valence-corrected chi connectivity index (χ3v) is 3.31. The fourth-order valence-electron chi connectivity index (χ4n) is 0.600. The monoisotopic (exact) mass is 237 g/mol. The quantitative estimate of drug-likeness (QED) is 0.700. The van der Waals surface area contributed by atoms with Crippen molar-refractivity contribution in [1.29, 1.82) is 0 Å². The van der Waals surface area contributed by atoms with Crippen molar-refractivity contribution in [1.82, 2.24) is 10.2 Å². The summed E-state index contributed by atoms with van der Waals surface area (Å²) < 4.78 is 25.7. The molecule has 1 rings (SSSR count). The fourth-order valence-corrected chi connectivity index (χ4v) is 1.93. The Kier molecular flexibility index (Phi) is 3.13. The summed E-state index contributed by atoms with van der Waals surface area (Å²) in [4.78, 5) is 11.0. The number of nitrogens with two attached hydrogens (primary N) is 1. The molecule has 0 atom stereocenters. The molecule has 1 aromatic heterocycles. The highest BCUT2D eigenvalue weighted by Crippen LogP contribution is 2.14. The van der Waals surface area contributed by atoms with Crippen LogP contribution in [-0.2, 0) is 14.8 Å². The van der Waals surface area contributed by atoms with Gasteiger partial charge in [0, 0.05) is 0 Å². The van der Waals surface area contributed by atoms with Gasteiger partial charge in [-0.1, -0.05) is 11.3 Å². The summed E-state index contributed by atoms with van der Waals surface area (Å²) in [6.07, 6.45) is 0. The third-order valence-electron chi connectivity index (χ3n) is 1.10. The van der Waals surface area contributed by atoms with E-state index in [0.29, 0.717) is 11.3 Å². The molecule has 0 spiro atoms. The number of carbonyl (C=O) groups excluding carboxylic acids is 1. The normalized spacial score (nSPS) is 11.3. The average molecular weight is 237 g/mol. The van der Waals surface area contributed by atoms with Gasteiger partial charge in [0.05, 0.1) is 6.61 Å². The molecule has 0 aromatic carbocycles. The topological polar surface area (TPSA) is 112 Å². The van der Waals surface area contributed by atoms with Crippen LogP contribution in [0.3, 0.4) is 0 Å². The summed E-state index contributed by atoms with van der Waals surface area (Å²) in [5, 5.41) is 11.2. The maximum Gasteiger partial charge on any atom is 0.369 e. The lowest BCUT2D eigenvalue weighted by Gasteiger charge is -1.94. The molecule has 1 heterocycles. The van der Waals surface area contributed by atoms with Gasteiger partial charge in [0.15, 0.2) is 0 Å². The number of nitrogens with zero attached hydrogens (tertiary/aromatic N) is 2. The van der Waals surface area contributed by atoms with Gasteiger partial charge < -0.3 is 4.74 Å². The van der Waals surface area contributed by atoms with E-state index >= 15 is 0 Å². The van der Waals surface area contributed by atoms with Gasteiger partial charge in [0.1, 0.15) is 0 Å². The molecule has 9 heteroatoms. The lowest BCUT2D eigenvalue weighted by molar-refractivity contribution is 0.0525. The van der Waals surface area contributed by atoms with Gasteiger partial charge in [-0.25, -0.2) is 18.4 Å². The highest BCUT2D eigenvalue weighted by molar-refractivity contribution is 7.91. The molecular weight excluding hydrogens is 230 g/mol. The molecule has 0 radical (unpaired) electrons. The maximum absolute atomic E-state index is 11.0. The lowest BCUT2D eigenvalue weighted by atomic mass is 10.7. The lowest BCUT2D eigenvalue weighted by Crippen LogP contribution is -2.11. The van der Waals surface area contributed by atoms with E-state index in [1.807, 2.05) is 0 Å². The molecule has 78 valence electrons. The smallest absolute Gasteiger partial charge is 0.369 e. The second-order valence-corrected chi connectivity index (χ2v) is 4.85. The van der Waals surface area contributed by atoms with Crippen molar-refractivity contribution in [3.05, 3.63) is 5.01 Å².